The van der Waals surface area contributed by atoms with Crippen LogP contribution in [0, 0.1) is 0 Å². The second kappa shape index (κ2) is 5.53. The van der Waals surface area contributed by atoms with Crippen LogP contribution in [-0.2, 0) is 17.9 Å². The SMILES string of the molecule is CC1c2nnc(-c3csc(CN(C)C)n3)n2CCN1C=O. The molecule has 0 spiro atoms. The number of aromatic nitrogens is 4. The van der Waals surface area contributed by atoms with E-state index < -0.39 is 0 Å². The summed E-state index contributed by atoms with van der Waals surface area (Å²) >= 11 is 1.63. The summed E-state index contributed by atoms with van der Waals surface area (Å²) in [6, 6.07) is -0.0441. The zero-order valence-electron chi connectivity index (χ0n) is 12.4. The van der Waals surface area contributed by atoms with Gasteiger partial charge in [-0.15, -0.1) is 21.5 Å². The van der Waals surface area contributed by atoms with E-state index in [1.165, 1.54) is 0 Å². The molecule has 0 fully saturated rings. The molecule has 2 aromatic rings. The molecule has 112 valence electrons. The molecule has 3 rings (SSSR count). The molecule has 0 radical (unpaired) electrons. The van der Waals surface area contributed by atoms with Gasteiger partial charge in [0.1, 0.15) is 10.7 Å². The molecule has 8 heteroatoms. The summed E-state index contributed by atoms with van der Waals surface area (Å²) in [5.74, 6) is 1.62. The van der Waals surface area contributed by atoms with Crippen LogP contribution in [0.15, 0.2) is 5.38 Å². The molecule has 0 bridgehead atoms. The van der Waals surface area contributed by atoms with E-state index in [0.717, 1.165) is 35.3 Å². The van der Waals surface area contributed by atoms with Gasteiger partial charge >= 0.3 is 0 Å². The fraction of sp³-hybridized carbons (Fsp3) is 0.538. The van der Waals surface area contributed by atoms with Gasteiger partial charge in [0.15, 0.2) is 11.6 Å². The van der Waals surface area contributed by atoms with Gasteiger partial charge in [0.25, 0.3) is 0 Å². The van der Waals surface area contributed by atoms with Crippen LogP contribution in [0.5, 0.6) is 0 Å². The quantitative estimate of drug-likeness (QED) is 0.788. The lowest BCUT2D eigenvalue weighted by atomic mass is 10.2. The molecule has 0 saturated heterocycles. The van der Waals surface area contributed by atoms with E-state index in [-0.39, 0.29) is 6.04 Å². The summed E-state index contributed by atoms with van der Waals surface area (Å²) < 4.78 is 2.07. The van der Waals surface area contributed by atoms with E-state index in [1.807, 2.05) is 26.4 Å². The molecule has 21 heavy (non-hydrogen) atoms. The minimum absolute atomic E-state index is 0.0441. The van der Waals surface area contributed by atoms with Gasteiger partial charge in [0, 0.05) is 25.0 Å². The predicted molar refractivity (Wildman–Crippen MR) is 79.7 cm³/mol. The Balaban J connectivity index is 1.91. The summed E-state index contributed by atoms with van der Waals surface area (Å²) in [7, 11) is 4.05. The summed E-state index contributed by atoms with van der Waals surface area (Å²) in [5, 5.41) is 11.6. The monoisotopic (exact) mass is 306 g/mol. The number of thiazole rings is 1. The van der Waals surface area contributed by atoms with Gasteiger partial charge in [0.05, 0.1) is 6.04 Å². The lowest BCUT2D eigenvalue weighted by molar-refractivity contribution is -0.121. The highest BCUT2D eigenvalue weighted by molar-refractivity contribution is 7.09. The third kappa shape index (κ3) is 2.56. The lowest BCUT2D eigenvalue weighted by Gasteiger charge is -2.30. The number of amides is 1. The van der Waals surface area contributed by atoms with Gasteiger partial charge in [-0.3, -0.25) is 4.79 Å². The first-order chi connectivity index (χ1) is 10.1. The summed E-state index contributed by atoms with van der Waals surface area (Å²) in [6.07, 6.45) is 0.876. The topological polar surface area (TPSA) is 67.2 Å². The minimum atomic E-state index is -0.0441. The number of hydrogen-bond acceptors (Lipinski definition) is 6. The van der Waals surface area contributed by atoms with Crippen LogP contribution < -0.4 is 0 Å². The molecule has 1 aliphatic rings. The maximum atomic E-state index is 11.0. The summed E-state index contributed by atoms with van der Waals surface area (Å²) in [6.45, 7) is 4.18. The first-order valence-corrected chi connectivity index (χ1v) is 7.71. The largest absolute Gasteiger partial charge is 0.333 e. The molecule has 0 N–H and O–H groups in total. The molecular weight excluding hydrogens is 288 g/mol. The molecule has 2 aromatic heterocycles. The fourth-order valence-corrected chi connectivity index (χ4v) is 3.38. The minimum Gasteiger partial charge on any atom is -0.333 e. The highest BCUT2D eigenvalue weighted by atomic mass is 32.1. The number of rotatable bonds is 4. The molecule has 0 saturated carbocycles. The molecule has 1 amide bonds. The van der Waals surface area contributed by atoms with Crippen molar-refractivity contribution >= 4 is 17.7 Å². The Morgan fingerprint density at radius 3 is 2.95 bits per heavy atom. The summed E-state index contributed by atoms with van der Waals surface area (Å²) in [4.78, 5) is 19.5. The lowest BCUT2D eigenvalue weighted by Crippen LogP contribution is -2.36. The van der Waals surface area contributed by atoms with Gasteiger partial charge < -0.3 is 14.4 Å². The number of fused-ring (bicyclic) bond motifs is 1. The number of nitrogens with zero attached hydrogens (tertiary/aromatic N) is 6. The van der Waals surface area contributed by atoms with Crippen molar-refractivity contribution in [3.05, 3.63) is 16.2 Å². The van der Waals surface area contributed by atoms with E-state index in [4.69, 9.17) is 0 Å². The molecular formula is C13H18N6OS. The van der Waals surface area contributed by atoms with Crippen LogP contribution in [0.4, 0.5) is 0 Å². The average Bonchev–Trinajstić information content (AvgIpc) is 3.05. The maximum Gasteiger partial charge on any atom is 0.210 e. The van der Waals surface area contributed by atoms with Crippen molar-refractivity contribution in [1.29, 1.82) is 0 Å². The van der Waals surface area contributed by atoms with Gasteiger partial charge in [0.2, 0.25) is 6.41 Å². The van der Waals surface area contributed by atoms with Crippen LogP contribution in [0.25, 0.3) is 11.5 Å². The third-order valence-electron chi connectivity index (χ3n) is 3.60. The Morgan fingerprint density at radius 2 is 2.24 bits per heavy atom. The van der Waals surface area contributed by atoms with Crippen molar-refractivity contribution in [2.45, 2.75) is 26.1 Å². The Hall–Kier alpha value is -1.80. The molecule has 1 unspecified atom stereocenters. The maximum absolute atomic E-state index is 11.0. The standard InChI is InChI=1S/C13H18N6OS/c1-9-12-15-16-13(19(12)5-4-18(9)8-20)10-7-21-11(14-10)6-17(2)3/h7-9H,4-6H2,1-3H3. The van der Waals surface area contributed by atoms with Gasteiger partial charge in [-0.1, -0.05) is 0 Å². The van der Waals surface area contributed by atoms with Crippen molar-refractivity contribution in [2.75, 3.05) is 20.6 Å². The van der Waals surface area contributed by atoms with Gasteiger partial charge in [-0.05, 0) is 21.0 Å². The van der Waals surface area contributed by atoms with Crippen molar-refractivity contribution in [1.82, 2.24) is 29.5 Å². The zero-order valence-corrected chi connectivity index (χ0v) is 13.2. The van der Waals surface area contributed by atoms with Gasteiger partial charge in [-0.2, -0.15) is 0 Å². The highest BCUT2D eigenvalue weighted by Gasteiger charge is 2.28. The first kappa shape index (κ1) is 14.2. The molecule has 1 aliphatic heterocycles. The van der Waals surface area contributed by atoms with Crippen molar-refractivity contribution < 1.29 is 4.79 Å². The average molecular weight is 306 g/mol. The number of carbonyl (C=O) groups excluding carboxylic acids is 1. The van der Waals surface area contributed by atoms with E-state index in [1.54, 1.807) is 16.2 Å². The zero-order chi connectivity index (χ0) is 15.0. The molecule has 0 aliphatic carbocycles. The molecule has 7 nitrogen and oxygen atoms in total. The van der Waals surface area contributed by atoms with Crippen LogP contribution in [-0.4, -0.2) is 56.6 Å². The van der Waals surface area contributed by atoms with E-state index in [0.29, 0.717) is 13.1 Å². The van der Waals surface area contributed by atoms with Crippen LogP contribution in [0.3, 0.4) is 0 Å². The Labute approximate surface area is 127 Å². The van der Waals surface area contributed by atoms with Gasteiger partial charge in [-0.25, -0.2) is 4.98 Å². The Morgan fingerprint density at radius 1 is 1.43 bits per heavy atom. The number of hydrogen-bond donors (Lipinski definition) is 0. The fourth-order valence-electron chi connectivity index (χ4n) is 2.49. The first-order valence-electron chi connectivity index (χ1n) is 6.83. The normalized spacial score (nSPS) is 18.1. The second-order valence-corrected chi connectivity index (χ2v) is 6.36. The Kier molecular flexibility index (Phi) is 3.73. The Bertz CT molecular complexity index is 649. The van der Waals surface area contributed by atoms with Crippen molar-refractivity contribution in [2.24, 2.45) is 0 Å². The third-order valence-corrected chi connectivity index (χ3v) is 4.43. The second-order valence-electron chi connectivity index (χ2n) is 5.42. The van der Waals surface area contributed by atoms with E-state index >= 15 is 0 Å². The molecule has 1 atom stereocenters. The van der Waals surface area contributed by atoms with E-state index in [9.17, 15) is 4.79 Å². The van der Waals surface area contributed by atoms with Crippen LogP contribution in [0.2, 0.25) is 0 Å². The molecule has 0 aromatic carbocycles. The predicted octanol–water partition coefficient (Wildman–Crippen LogP) is 0.996. The molecule has 3 heterocycles. The van der Waals surface area contributed by atoms with Crippen LogP contribution in [0.1, 0.15) is 23.8 Å². The van der Waals surface area contributed by atoms with Crippen molar-refractivity contribution in [3.63, 3.8) is 0 Å². The van der Waals surface area contributed by atoms with Crippen molar-refractivity contribution in [3.8, 4) is 11.5 Å². The van der Waals surface area contributed by atoms with E-state index in [2.05, 4.69) is 24.6 Å². The van der Waals surface area contributed by atoms with Crippen LogP contribution >= 0.6 is 11.3 Å². The summed E-state index contributed by atoms with van der Waals surface area (Å²) in [5.41, 5.74) is 0.863. The number of carbonyl (C=O) groups is 1. The highest BCUT2D eigenvalue weighted by Crippen LogP contribution is 2.28. The smallest absolute Gasteiger partial charge is 0.210 e.